The molecule has 0 saturated heterocycles. The Balaban J connectivity index is 2.85. The van der Waals surface area contributed by atoms with E-state index in [-0.39, 0.29) is 6.61 Å². The zero-order chi connectivity index (χ0) is 17.7. The van der Waals surface area contributed by atoms with Gasteiger partial charge in [0, 0.05) is 31.5 Å². The number of hydrogen-bond acceptors (Lipinski definition) is 6. The van der Waals surface area contributed by atoms with Gasteiger partial charge in [-0.2, -0.15) is 0 Å². The summed E-state index contributed by atoms with van der Waals surface area (Å²) in [5.41, 5.74) is 2.90. The zero-order valence-corrected chi connectivity index (χ0v) is 15.6. The molecule has 2 aromatic rings. The summed E-state index contributed by atoms with van der Waals surface area (Å²) < 4.78 is 22.4. The molecule has 0 aliphatic carbocycles. The first-order valence-electron chi connectivity index (χ1n) is 7.17. The number of nitrogens with zero attached hydrogens (tertiary/aromatic N) is 1. The van der Waals surface area contributed by atoms with Crippen molar-refractivity contribution in [3.63, 3.8) is 0 Å². The average molecular weight is 398 g/mol. The summed E-state index contributed by atoms with van der Waals surface area (Å²) in [4.78, 5) is 4.15. The lowest BCUT2D eigenvalue weighted by Crippen LogP contribution is -2.11. The Morgan fingerprint density at radius 2 is 1.83 bits per heavy atom. The molecule has 0 saturated carbocycles. The summed E-state index contributed by atoms with van der Waals surface area (Å²) >= 11 is 3.38. The molecule has 0 fully saturated rings. The largest absolute Gasteiger partial charge is 0.493 e. The van der Waals surface area contributed by atoms with Crippen molar-refractivity contribution in [2.24, 2.45) is 0 Å². The van der Waals surface area contributed by atoms with Crippen LogP contribution in [0.1, 0.15) is 17.4 Å². The van der Waals surface area contributed by atoms with Crippen molar-refractivity contribution < 1.29 is 24.1 Å². The number of aliphatic hydroxyl groups is 1. The van der Waals surface area contributed by atoms with E-state index in [4.69, 9.17) is 18.9 Å². The van der Waals surface area contributed by atoms with E-state index in [2.05, 4.69) is 20.9 Å². The fourth-order valence-corrected chi connectivity index (χ4v) is 3.02. The van der Waals surface area contributed by atoms with Gasteiger partial charge >= 0.3 is 0 Å². The van der Waals surface area contributed by atoms with E-state index in [0.29, 0.717) is 27.2 Å². The van der Waals surface area contributed by atoms with Crippen molar-refractivity contribution in [3.8, 4) is 22.6 Å². The molecule has 1 aromatic carbocycles. The van der Waals surface area contributed by atoms with Crippen molar-refractivity contribution >= 4 is 15.9 Å². The Kier molecular flexibility index (Phi) is 6.56. The minimum Gasteiger partial charge on any atom is -0.493 e. The van der Waals surface area contributed by atoms with Crippen LogP contribution in [-0.4, -0.2) is 38.5 Å². The standard InChI is InChI=1S/C17H20BrNO5/c1-21-13-8-11(10-5-6-19-14(18)7-10)15(17(23-3)24-4)12(9-20)16(13)22-2/h5-8,17,20H,9H2,1-4H3. The Morgan fingerprint density at radius 3 is 2.33 bits per heavy atom. The molecule has 0 spiro atoms. The van der Waals surface area contributed by atoms with Gasteiger partial charge in [0.2, 0.25) is 0 Å². The molecule has 24 heavy (non-hydrogen) atoms. The lowest BCUT2D eigenvalue weighted by molar-refractivity contribution is -0.106. The molecule has 0 bridgehead atoms. The molecule has 0 radical (unpaired) electrons. The van der Waals surface area contributed by atoms with Crippen LogP contribution in [0.3, 0.4) is 0 Å². The van der Waals surface area contributed by atoms with E-state index in [1.165, 1.54) is 21.3 Å². The van der Waals surface area contributed by atoms with Gasteiger partial charge in [0.05, 0.1) is 20.8 Å². The first-order valence-corrected chi connectivity index (χ1v) is 7.96. The maximum Gasteiger partial charge on any atom is 0.184 e. The van der Waals surface area contributed by atoms with E-state index in [1.807, 2.05) is 18.2 Å². The number of benzene rings is 1. The number of halogens is 1. The van der Waals surface area contributed by atoms with Crippen LogP contribution < -0.4 is 9.47 Å². The van der Waals surface area contributed by atoms with Crippen LogP contribution in [0.5, 0.6) is 11.5 Å². The SMILES string of the molecule is COc1cc(-c2ccnc(Br)c2)c(C(OC)OC)c(CO)c1OC. The Hall–Kier alpha value is -1.67. The summed E-state index contributed by atoms with van der Waals surface area (Å²) in [5, 5.41) is 9.95. The predicted octanol–water partition coefficient (Wildman–Crippen LogP) is 3.31. The highest BCUT2D eigenvalue weighted by molar-refractivity contribution is 9.10. The molecule has 0 aliphatic rings. The average Bonchev–Trinajstić information content (AvgIpc) is 2.61. The number of rotatable bonds is 7. The molecule has 7 heteroatoms. The smallest absolute Gasteiger partial charge is 0.184 e. The Bertz CT molecular complexity index is 704. The summed E-state index contributed by atoms with van der Waals surface area (Å²) in [6.45, 7) is -0.252. The van der Waals surface area contributed by atoms with E-state index >= 15 is 0 Å². The van der Waals surface area contributed by atoms with Crippen LogP contribution in [0, 0.1) is 0 Å². The van der Waals surface area contributed by atoms with Crippen molar-refractivity contribution in [1.82, 2.24) is 4.98 Å². The number of hydrogen-bond donors (Lipinski definition) is 1. The van der Waals surface area contributed by atoms with Gasteiger partial charge in [-0.3, -0.25) is 0 Å². The quantitative estimate of drug-likeness (QED) is 0.570. The number of ether oxygens (including phenoxy) is 4. The first kappa shape index (κ1) is 18.7. The summed E-state index contributed by atoms with van der Waals surface area (Å²) in [6, 6.07) is 5.56. The second kappa shape index (κ2) is 8.43. The highest BCUT2D eigenvalue weighted by atomic mass is 79.9. The number of pyridine rings is 1. The first-order chi connectivity index (χ1) is 11.6. The number of aliphatic hydroxyl groups excluding tert-OH is 1. The van der Waals surface area contributed by atoms with E-state index in [0.717, 1.165) is 11.1 Å². The van der Waals surface area contributed by atoms with Gasteiger partial charge in [-0.1, -0.05) is 0 Å². The fraction of sp³-hybridized carbons (Fsp3) is 0.353. The van der Waals surface area contributed by atoms with Crippen LogP contribution in [0.25, 0.3) is 11.1 Å². The Morgan fingerprint density at radius 1 is 1.12 bits per heavy atom. The third-order valence-electron chi connectivity index (χ3n) is 3.67. The van der Waals surface area contributed by atoms with Crippen molar-refractivity contribution in [3.05, 3.63) is 40.1 Å². The van der Waals surface area contributed by atoms with Gasteiger partial charge < -0.3 is 24.1 Å². The lowest BCUT2D eigenvalue weighted by Gasteiger charge is -2.24. The molecule has 0 amide bonds. The van der Waals surface area contributed by atoms with E-state index in [9.17, 15) is 5.11 Å². The highest BCUT2D eigenvalue weighted by Gasteiger charge is 2.26. The molecular formula is C17H20BrNO5. The topological polar surface area (TPSA) is 70.0 Å². The molecule has 130 valence electrons. The maximum absolute atomic E-state index is 9.95. The van der Waals surface area contributed by atoms with Gasteiger partial charge in [0.15, 0.2) is 17.8 Å². The molecule has 1 N–H and O–H groups in total. The monoisotopic (exact) mass is 397 g/mol. The van der Waals surface area contributed by atoms with Gasteiger partial charge in [-0.05, 0) is 45.3 Å². The van der Waals surface area contributed by atoms with Crippen molar-refractivity contribution in [2.45, 2.75) is 12.9 Å². The van der Waals surface area contributed by atoms with Gasteiger partial charge in [-0.25, -0.2) is 4.98 Å². The molecule has 0 aliphatic heterocycles. The predicted molar refractivity (Wildman–Crippen MR) is 93.2 cm³/mol. The molecule has 0 unspecified atom stereocenters. The highest BCUT2D eigenvalue weighted by Crippen LogP contribution is 2.43. The number of aromatic nitrogens is 1. The molecule has 1 aromatic heterocycles. The third kappa shape index (κ3) is 3.54. The van der Waals surface area contributed by atoms with Crippen molar-refractivity contribution in [2.75, 3.05) is 28.4 Å². The van der Waals surface area contributed by atoms with Gasteiger partial charge in [0.25, 0.3) is 0 Å². The summed E-state index contributed by atoms with van der Waals surface area (Å²) in [5.74, 6) is 0.963. The summed E-state index contributed by atoms with van der Waals surface area (Å²) in [7, 11) is 6.16. The van der Waals surface area contributed by atoms with Gasteiger partial charge in [-0.15, -0.1) is 0 Å². The molecule has 0 atom stereocenters. The third-order valence-corrected chi connectivity index (χ3v) is 4.11. The lowest BCUT2D eigenvalue weighted by atomic mass is 9.94. The van der Waals surface area contributed by atoms with Crippen LogP contribution in [0.2, 0.25) is 0 Å². The van der Waals surface area contributed by atoms with Crippen LogP contribution in [0.15, 0.2) is 29.0 Å². The minimum absolute atomic E-state index is 0.252. The zero-order valence-electron chi connectivity index (χ0n) is 14.0. The van der Waals surface area contributed by atoms with E-state index < -0.39 is 6.29 Å². The maximum atomic E-state index is 9.95. The van der Waals surface area contributed by atoms with Crippen LogP contribution in [0.4, 0.5) is 0 Å². The van der Waals surface area contributed by atoms with Crippen LogP contribution in [-0.2, 0) is 16.1 Å². The van der Waals surface area contributed by atoms with E-state index in [1.54, 1.807) is 13.3 Å². The van der Waals surface area contributed by atoms with Crippen LogP contribution >= 0.6 is 15.9 Å². The van der Waals surface area contributed by atoms with Gasteiger partial charge in [0.1, 0.15) is 4.60 Å². The minimum atomic E-state index is -0.672. The second-order valence-electron chi connectivity index (χ2n) is 4.88. The summed E-state index contributed by atoms with van der Waals surface area (Å²) in [6.07, 6.45) is 1.02. The van der Waals surface area contributed by atoms with Crippen molar-refractivity contribution in [1.29, 1.82) is 0 Å². The number of methoxy groups -OCH3 is 4. The molecular weight excluding hydrogens is 378 g/mol. The second-order valence-corrected chi connectivity index (χ2v) is 5.69. The normalized spacial score (nSPS) is 11.0. The Labute approximate surface area is 149 Å². The molecule has 6 nitrogen and oxygen atoms in total. The molecule has 2 rings (SSSR count). The fourth-order valence-electron chi connectivity index (χ4n) is 2.65. The molecule has 1 heterocycles.